The molecule has 0 radical (unpaired) electrons. The number of fused-ring (bicyclic) bond motifs is 1. The van der Waals surface area contributed by atoms with Crippen LogP contribution in [0.4, 0.5) is 5.69 Å². The molecule has 3 rings (SSSR count). The van der Waals surface area contributed by atoms with E-state index in [9.17, 15) is 13.2 Å². The number of rotatable bonds is 5. The number of anilines is 1. The van der Waals surface area contributed by atoms with Crippen molar-refractivity contribution in [3.05, 3.63) is 46.2 Å². The van der Waals surface area contributed by atoms with Gasteiger partial charge in [-0.25, -0.2) is 13.1 Å². The maximum Gasteiger partial charge on any atom is 0.240 e. The van der Waals surface area contributed by atoms with E-state index in [4.69, 9.17) is 0 Å². The van der Waals surface area contributed by atoms with Crippen molar-refractivity contribution in [1.29, 1.82) is 0 Å². The van der Waals surface area contributed by atoms with Gasteiger partial charge in [0.05, 0.1) is 4.90 Å². The van der Waals surface area contributed by atoms with E-state index in [0.29, 0.717) is 31.5 Å². The summed E-state index contributed by atoms with van der Waals surface area (Å²) in [4.78, 5) is 12.9. The Kier molecular flexibility index (Phi) is 4.79. The van der Waals surface area contributed by atoms with Crippen molar-refractivity contribution in [2.24, 2.45) is 0 Å². The molecule has 0 unspecified atom stereocenters. The van der Waals surface area contributed by atoms with E-state index < -0.39 is 10.0 Å². The van der Waals surface area contributed by atoms with Crippen LogP contribution < -0.4 is 10.0 Å². The lowest BCUT2D eigenvalue weighted by Gasteiger charge is -2.11. The zero-order chi connectivity index (χ0) is 16.3. The average Bonchev–Trinajstić information content (AvgIpc) is 2.94. The van der Waals surface area contributed by atoms with Gasteiger partial charge in [-0.15, -0.1) is 11.3 Å². The van der Waals surface area contributed by atoms with Crippen molar-refractivity contribution in [1.82, 2.24) is 4.72 Å². The van der Waals surface area contributed by atoms with E-state index in [2.05, 4.69) is 10.0 Å². The maximum atomic E-state index is 12.4. The molecule has 122 valence electrons. The molecule has 1 aliphatic heterocycles. The number of carbonyl (C=O) groups is 1. The van der Waals surface area contributed by atoms with Crippen molar-refractivity contribution >= 4 is 33.0 Å². The lowest BCUT2D eigenvalue weighted by Crippen LogP contribution is -2.26. The van der Waals surface area contributed by atoms with Crippen molar-refractivity contribution in [2.45, 2.75) is 30.6 Å². The largest absolute Gasteiger partial charge is 0.326 e. The lowest BCUT2D eigenvalue weighted by molar-refractivity contribution is -0.116. The number of amides is 1. The van der Waals surface area contributed by atoms with Crippen LogP contribution in [0.2, 0.25) is 0 Å². The highest BCUT2D eigenvalue weighted by atomic mass is 32.2. The Morgan fingerprint density at radius 2 is 2.09 bits per heavy atom. The Labute approximate surface area is 139 Å². The summed E-state index contributed by atoms with van der Waals surface area (Å²) in [5.41, 5.74) is 1.59. The zero-order valence-corrected chi connectivity index (χ0v) is 14.2. The van der Waals surface area contributed by atoms with Gasteiger partial charge in [-0.3, -0.25) is 4.79 Å². The molecule has 7 heteroatoms. The van der Waals surface area contributed by atoms with Gasteiger partial charge in [-0.2, -0.15) is 0 Å². The van der Waals surface area contributed by atoms with Crippen LogP contribution in [0.3, 0.4) is 0 Å². The topological polar surface area (TPSA) is 75.3 Å². The number of benzene rings is 1. The van der Waals surface area contributed by atoms with E-state index >= 15 is 0 Å². The van der Waals surface area contributed by atoms with Crippen LogP contribution in [0.5, 0.6) is 0 Å². The van der Waals surface area contributed by atoms with Gasteiger partial charge < -0.3 is 5.32 Å². The van der Waals surface area contributed by atoms with Crippen LogP contribution in [0.1, 0.15) is 23.3 Å². The first-order valence-corrected chi connectivity index (χ1v) is 9.86. The second kappa shape index (κ2) is 6.82. The summed E-state index contributed by atoms with van der Waals surface area (Å²) in [5.74, 6) is -0.0200. The second-order valence-corrected chi connectivity index (χ2v) is 8.25. The van der Waals surface area contributed by atoms with E-state index in [1.54, 1.807) is 23.5 Å². The molecular weight excluding hydrogens is 332 g/mol. The van der Waals surface area contributed by atoms with E-state index in [0.717, 1.165) is 16.9 Å². The third-order valence-corrected chi connectivity index (χ3v) is 6.15. The predicted octanol–water partition coefficient (Wildman–Crippen LogP) is 2.54. The number of thiophene rings is 1. The standard InChI is InChI=1S/C16H18N2O3S2/c19-16-5-1-3-12-11-14(6-7-15(12)18-16)23(20,21)17-9-8-13-4-2-10-22-13/h2,4,6-7,10-11,17H,1,3,5,8-9H2,(H,18,19). The molecule has 0 aliphatic carbocycles. The van der Waals surface area contributed by atoms with Crippen LogP contribution in [-0.2, 0) is 27.7 Å². The molecule has 0 fully saturated rings. The predicted molar refractivity (Wildman–Crippen MR) is 91.2 cm³/mol. The third kappa shape index (κ3) is 3.99. The van der Waals surface area contributed by atoms with E-state index in [-0.39, 0.29) is 10.8 Å². The van der Waals surface area contributed by atoms with Gasteiger partial charge >= 0.3 is 0 Å². The molecular formula is C16H18N2O3S2. The van der Waals surface area contributed by atoms with Gasteiger partial charge in [-0.05, 0) is 54.5 Å². The average molecular weight is 350 g/mol. The molecule has 0 saturated carbocycles. The van der Waals surface area contributed by atoms with Crippen LogP contribution >= 0.6 is 11.3 Å². The first-order valence-electron chi connectivity index (χ1n) is 7.49. The van der Waals surface area contributed by atoms with Crippen LogP contribution in [0, 0.1) is 0 Å². The number of nitrogens with one attached hydrogen (secondary N) is 2. The molecule has 2 N–H and O–H groups in total. The zero-order valence-electron chi connectivity index (χ0n) is 12.5. The Morgan fingerprint density at radius 3 is 2.87 bits per heavy atom. The molecule has 5 nitrogen and oxygen atoms in total. The second-order valence-electron chi connectivity index (χ2n) is 5.45. The molecule has 1 aliphatic rings. The first kappa shape index (κ1) is 16.2. The molecule has 0 saturated heterocycles. The van der Waals surface area contributed by atoms with Crippen LogP contribution in [0.25, 0.3) is 0 Å². The number of aryl methyl sites for hydroxylation is 1. The van der Waals surface area contributed by atoms with E-state index in [1.807, 2.05) is 17.5 Å². The molecule has 0 bridgehead atoms. The number of carbonyl (C=O) groups excluding carboxylic acids is 1. The Morgan fingerprint density at radius 1 is 1.22 bits per heavy atom. The van der Waals surface area contributed by atoms with Crippen molar-refractivity contribution in [2.75, 3.05) is 11.9 Å². The maximum absolute atomic E-state index is 12.4. The minimum atomic E-state index is -3.53. The molecule has 23 heavy (non-hydrogen) atoms. The fraction of sp³-hybridized carbons (Fsp3) is 0.312. The quantitative estimate of drug-likeness (QED) is 0.870. The molecule has 1 aromatic heterocycles. The smallest absolute Gasteiger partial charge is 0.240 e. The number of sulfonamides is 1. The highest BCUT2D eigenvalue weighted by molar-refractivity contribution is 7.89. The summed E-state index contributed by atoms with van der Waals surface area (Å²) in [7, 11) is -3.53. The molecule has 1 amide bonds. The van der Waals surface area contributed by atoms with Gasteiger partial charge in [0.15, 0.2) is 0 Å². The molecule has 2 heterocycles. The Bertz CT molecular complexity index is 799. The van der Waals surface area contributed by atoms with Crippen LogP contribution in [-0.4, -0.2) is 20.9 Å². The minimum absolute atomic E-state index is 0.0200. The monoisotopic (exact) mass is 350 g/mol. The summed E-state index contributed by atoms with van der Waals surface area (Å²) < 4.78 is 27.4. The van der Waals surface area contributed by atoms with Gasteiger partial charge in [-0.1, -0.05) is 6.07 Å². The van der Waals surface area contributed by atoms with Gasteiger partial charge in [0.2, 0.25) is 15.9 Å². The fourth-order valence-electron chi connectivity index (χ4n) is 2.56. The molecule has 2 aromatic rings. The van der Waals surface area contributed by atoms with E-state index in [1.165, 1.54) is 6.07 Å². The summed E-state index contributed by atoms with van der Waals surface area (Å²) in [6.45, 7) is 0.372. The highest BCUT2D eigenvalue weighted by Crippen LogP contribution is 2.25. The molecule has 0 atom stereocenters. The minimum Gasteiger partial charge on any atom is -0.326 e. The van der Waals surface area contributed by atoms with Gasteiger partial charge in [0.25, 0.3) is 0 Å². The number of hydrogen-bond acceptors (Lipinski definition) is 4. The van der Waals surface area contributed by atoms with Gasteiger partial charge in [0, 0.05) is 23.5 Å². The van der Waals surface area contributed by atoms with Crippen molar-refractivity contribution in [3.8, 4) is 0 Å². The number of hydrogen-bond donors (Lipinski definition) is 2. The summed E-state index contributed by atoms with van der Waals surface area (Å²) >= 11 is 1.62. The van der Waals surface area contributed by atoms with Crippen molar-refractivity contribution < 1.29 is 13.2 Å². The summed E-state index contributed by atoms with van der Waals surface area (Å²) in [5, 5.41) is 4.79. The SMILES string of the molecule is O=C1CCCc2cc(S(=O)(=O)NCCc3cccs3)ccc2N1. The lowest BCUT2D eigenvalue weighted by atomic mass is 10.1. The molecule has 1 aromatic carbocycles. The fourth-order valence-corrected chi connectivity index (χ4v) is 4.36. The summed E-state index contributed by atoms with van der Waals surface area (Å²) in [6, 6.07) is 8.82. The van der Waals surface area contributed by atoms with Crippen molar-refractivity contribution in [3.63, 3.8) is 0 Å². The van der Waals surface area contributed by atoms with Crippen LogP contribution in [0.15, 0.2) is 40.6 Å². The van der Waals surface area contributed by atoms with Gasteiger partial charge in [0.1, 0.15) is 0 Å². The molecule has 0 spiro atoms. The normalized spacial score (nSPS) is 14.9. The highest BCUT2D eigenvalue weighted by Gasteiger charge is 2.18. The Balaban J connectivity index is 1.72. The first-order chi connectivity index (χ1) is 11.0. The summed E-state index contributed by atoms with van der Waals surface area (Å²) in [6.07, 6.45) is 2.58. The third-order valence-electron chi connectivity index (χ3n) is 3.75. The Hall–Kier alpha value is -1.70.